The van der Waals surface area contributed by atoms with Crippen molar-refractivity contribution in [2.75, 3.05) is 12.4 Å². The Morgan fingerprint density at radius 2 is 1.95 bits per heavy atom. The topological polar surface area (TPSA) is 73.3 Å². The van der Waals surface area contributed by atoms with Crippen LogP contribution in [0.3, 0.4) is 0 Å². The maximum Gasteiger partial charge on any atom is 0.327 e. The first-order valence-corrected chi connectivity index (χ1v) is 7.04. The summed E-state index contributed by atoms with van der Waals surface area (Å²) in [4.78, 5) is 19.2. The van der Waals surface area contributed by atoms with Gasteiger partial charge in [0.25, 0.3) is 0 Å². The van der Waals surface area contributed by atoms with E-state index in [1.165, 1.54) is 19.5 Å². The van der Waals surface area contributed by atoms with E-state index >= 15 is 0 Å². The molecule has 1 atom stereocenters. The molecule has 1 aromatic carbocycles. The summed E-state index contributed by atoms with van der Waals surface area (Å²) >= 11 is 11.8. The van der Waals surface area contributed by atoms with Crippen LogP contribution in [0.15, 0.2) is 30.6 Å². The minimum absolute atomic E-state index is 0.134. The molecule has 2 rings (SSSR count). The summed E-state index contributed by atoms with van der Waals surface area (Å²) in [6.45, 7) is 1.69. The number of ether oxygens (including phenoxy) is 2. The van der Waals surface area contributed by atoms with Gasteiger partial charge in [-0.2, -0.15) is 0 Å². The van der Waals surface area contributed by atoms with E-state index in [0.717, 1.165) is 0 Å². The van der Waals surface area contributed by atoms with Gasteiger partial charge in [-0.15, -0.1) is 0 Å². The maximum atomic E-state index is 11.4. The molecule has 0 bridgehead atoms. The molecule has 8 heteroatoms. The number of hydrogen-bond donors (Lipinski definition) is 1. The molecule has 1 unspecified atom stereocenters. The van der Waals surface area contributed by atoms with Gasteiger partial charge in [0, 0.05) is 5.69 Å². The highest BCUT2D eigenvalue weighted by Gasteiger charge is 2.13. The predicted octanol–water partition coefficient (Wildman–Crippen LogP) is 3.55. The Bertz CT molecular complexity index is 665. The molecular weight excluding hydrogens is 329 g/mol. The number of nitrogens with one attached hydrogen (secondary N) is 1. The summed E-state index contributed by atoms with van der Waals surface area (Å²) in [7, 11) is 1.33. The van der Waals surface area contributed by atoms with Crippen LogP contribution < -0.4 is 10.1 Å². The largest absolute Gasteiger partial charge is 0.467 e. The second-order valence-corrected chi connectivity index (χ2v) is 5.16. The molecule has 22 heavy (non-hydrogen) atoms. The predicted molar refractivity (Wildman–Crippen MR) is 83.7 cm³/mol. The monoisotopic (exact) mass is 341 g/mol. The van der Waals surface area contributed by atoms with Crippen LogP contribution in [0, 0.1) is 0 Å². The fourth-order valence-electron chi connectivity index (χ4n) is 1.61. The van der Waals surface area contributed by atoms with E-state index in [1.807, 2.05) is 0 Å². The van der Waals surface area contributed by atoms with Crippen LogP contribution in [0.2, 0.25) is 10.0 Å². The Labute approximate surface area is 137 Å². The molecule has 0 saturated heterocycles. The minimum atomic E-state index is -0.493. The summed E-state index contributed by atoms with van der Waals surface area (Å²) in [5.41, 5.74) is 0.660. The number of carbonyl (C=O) groups excluding carboxylic acids is 1. The van der Waals surface area contributed by atoms with Crippen LogP contribution >= 0.6 is 23.2 Å². The number of hydrogen-bond acceptors (Lipinski definition) is 6. The fraction of sp³-hybridized carbons (Fsp3) is 0.214. The van der Waals surface area contributed by atoms with Gasteiger partial charge in [-0.1, -0.05) is 23.2 Å². The summed E-state index contributed by atoms with van der Waals surface area (Å²) in [5, 5.41) is 3.73. The maximum absolute atomic E-state index is 11.4. The number of methoxy groups -OCH3 is 1. The van der Waals surface area contributed by atoms with Gasteiger partial charge in [0.05, 0.1) is 29.5 Å². The van der Waals surface area contributed by atoms with Gasteiger partial charge >= 0.3 is 12.0 Å². The standard InChI is InChI=1S/C14H13Cl2N3O3/c1-8(13(20)21-2)19-10-3-4-12(11(16)5-10)22-14-17-6-9(15)7-18-14/h3-8,19H,1-2H3. The lowest BCUT2D eigenvalue weighted by Crippen LogP contribution is -2.27. The lowest BCUT2D eigenvalue weighted by atomic mass is 10.2. The second kappa shape index (κ2) is 7.29. The third-order valence-corrected chi connectivity index (χ3v) is 3.16. The third-order valence-electron chi connectivity index (χ3n) is 2.67. The molecule has 0 aliphatic heterocycles. The van der Waals surface area contributed by atoms with Gasteiger partial charge in [-0.05, 0) is 25.1 Å². The molecule has 0 amide bonds. The van der Waals surface area contributed by atoms with Gasteiger partial charge in [0.2, 0.25) is 0 Å². The van der Waals surface area contributed by atoms with Gasteiger partial charge in [0.1, 0.15) is 11.8 Å². The molecule has 0 spiro atoms. The van der Waals surface area contributed by atoms with Crippen molar-refractivity contribution < 1.29 is 14.3 Å². The molecule has 116 valence electrons. The molecule has 1 aromatic heterocycles. The molecule has 0 aliphatic rings. The molecule has 6 nitrogen and oxygen atoms in total. The molecular formula is C14H13Cl2N3O3. The molecule has 1 heterocycles. The van der Waals surface area contributed by atoms with Gasteiger partial charge in [-0.25, -0.2) is 14.8 Å². The highest BCUT2D eigenvalue weighted by atomic mass is 35.5. The van der Waals surface area contributed by atoms with Crippen LogP contribution in [0.1, 0.15) is 6.92 Å². The number of anilines is 1. The minimum Gasteiger partial charge on any atom is -0.467 e. The number of rotatable bonds is 5. The molecule has 2 aromatic rings. The highest BCUT2D eigenvalue weighted by molar-refractivity contribution is 6.32. The quantitative estimate of drug-likeness (QED) is 0.838. The average Bonchev–Trinajstić information content (AvgIpc) is 2.51. The first kappa shape index (κ1) is 16.3. The van der Waals surface area contributed by atoms with E-state index < -0.39 is 6.04 Å². The van der Waals surface area contributed by atoms with Crippen LogP contribution in [-0.4, -0.2) is 29.1 Å². The lowest BCUT2D eigenvalue weighted by Gasteiger charge is -2.14. The number of aromatic nitrogens is 2. The van der Waals surface area contributed by atoms with E-state index in [-0.39, 0.29) is 12.0 Å². The molecule has 1 N–H and O–H groups in total. The Balaban J connectivity index is 2.09. The number of benzene rings is 1. The van der Waals surface area contributed by atoms with Crippen LogP contribution in [0.4, 0.5) is 5.69 Å². The van der Waals surface area contributed by atoms with Crippen LogP contribution in [0.5, 0.6) is 11.8 Å². The van der Waals surface area contributed by atoms with E-state index in [0.29, 0.717) is 21.5 Å². The summed E-state index contributed by atoms with van der Waals surface area (Å²) < 4.78 is 10.1. The Hall–Kier alpha value is -2.05. The van der Waals surface area contributed by atoms with Crippen molar-refractivity contribution in [2.45, 2.75) is 13.0 Å². The van der Waals surface area contributed by atoms with Gasteiger partial charge in [0.15, 0.2) is 0 Å². The third kappa shape index (κ3) is 4.22. The second-order valence-electron chi connectivity index (χ2n) is 4.32. The first-order chi connectivity index (χ1) is 10.5. The highest BCUT2D eigenvalue weighted by Crippen LogP contribution is 2.30. The van der Waals surface area contributed by atoms with Crippen molar-refractivity contribution >= 4 is 34.9 Å². The Kier molecular flexibility index (Phi) is 5.41. The summed E-state index contributed by atoms with van der Waals surface area (Å²) in [6.07, 6.45) is 2.84. The van der Waals surface area contributed by atoms with Crippen LogP contribution in [-0.2, 0) is 9.53 Å². The fourth-order valence-corrected chi connectivity index (χ4v) is 1.93. The molecule has 0 fully saturated rings. The van der Waals surface area contributed by atoms with E-state index in [2.05, 4.69) is 20.0 Å². The normalized spacial score (nSPS) is 11.6. The molecule has 0 radical (unpaired) electrons. The molecule has 0 saturated carbocycles. The zero-order valence-electron chi connectivity index (χ0n) is 11.8. The van der Waals surface area contributed by atoms with Crippen molar-refractivity contribution in [3.63, 3.8) is 0 Å². The van der Waals surface area contributed by atoms with Crippen molar-refractivity contribution in [3.05, 3.63) is 40.6 Å². The zero-order valence-corrected chi connectivity index (χ0v) is 13.4. The van der Waals surface area contributed by atoms with Gasteiger partial charge in [-0.3, -0.25) is 0 Å². The Morgan fingerprint density at radius 1 is 1.27 bits per heavy atom. The zero-order chi connectivity index (χ0) is 16.1. The van der Waals surface area contributed by atoms with E-state index in [9.17, 15) is 4.79 Å². The smallest absolute Gasteiger partial charge is 0.327 e. The van der Waals surface area contributed by atoms with Crippen molar-refractivity contribution in [2.24, 2.45) is 0 Å². The van der Waals surface area contributed by atoms with E-state index in [1.54, 1.807) is 25.1 Å². The van der Waals surface area contributed by atoms with Gasteiger partial charge < -0.3 is 14.8 Å². The molecule has 0 aliphatic carbocycles. The number of esters is 1. The van der Waals surface area contributed by atoms with Crippen molar-refractivity contribution in [1.29, 1.82) is 0 Å². The SMILES string of the molecule is COC(=O)C(C)Nc1ccc(Oc2ncc(Cl)cn2)c(Cl)c1. The summed E-state index contributed by atoms with van der Waals surface area (Å²) in [6, 6.07) is 4.64. The average molecular weight is 342 g/mol. The van der Waals surface area contributed by atoms with Crippen LogP contribution in [0.25, 0.3) is 0 Å². The summed E-state index contributed by atoms with van der Waals surface area (Å²) in [5.74, 6) is 0.0197. The Morgan fingerprint density at radius 3 is 2.55 bits per heavy atom. The lowest BCUT2D eigenvalue weighted by molar-refractivity contribution is -0.141. The number of nitrogens with zero attached hydrogens (tertiary/aromatic N) is 2. The van der Waals surface area contributed by atoms with E-state index in [4.69, 9.17) is 27.9 Å². The van der Waals surface area contributed by atoms with Crippen molar-refractivity contribution in [1.82, 2.24) is 9.97 Å². The first-order valence-electron chi connectivity index (χ1n) is 6.29. The number of halogens is 2. The number of carbonyl (C=O) groups is 1. The van der Waals surface area contributed by atoms with Crippen molar-refractivity contribution in [3.8, 4) is 11.8 Å².